The molecule has 0 radical (unpaired) electrons. The largest absolute Gasteiger partial charge is 0.493 e. The van der Waals surface area contributed by atoms with Gasteiger partial charge in [-0.3, -0.25) is 24.0 Å². The molecule has 0 spiro atoms. The van der Waals surface area contributed by atoms with Crippen molar-refractivity contribution in [2.24, 2.45) is 5.41 Å². The molecule has 3 fully saturated rings. The van der Waals surface area contributed by atoms with Crippen LogP contribution in [0.4, 0.5) is 28.4 Å². The summed E-state index contributed by atoms with van der Waals surface area (Å²) in [5.41, 5.74) is 18.6. The lowest BCUT2D eigenvalue weighted by Crippen LogP contribution is -2.46. The predicted octanol–water partition coefficient (Wildman–Crippen LogP) is 12.7. The molecule has 6 aliphatic heterocycles. The summed E-state index contributed by atoms with van der Waals surface area (Å²) in [7, 11) is 9.81. The van der Waals surface area contributed by atoms with E-state index in [1.807, 2.05) is 89.8 Å². The van der Waals surface area contributed by atoms with Crippen molar-refractivity contribution < 1.29 is 42.8 Å². The highest BCUT2D eigenvalue weighted by atomic mass is 16.5. The zero-order chi connectivity index (χ0) is 83.6. The van der Waals surface area contributed by atoms with Gasteiger partial charge in [0.15, 0.2) is 34.5 Å². The van der Waals surface area contributed by atoms with E-state index >= 15 is 0 Å². The molecule has 5 N–H and O–H groups in total. The molecule has 24 heteroatoms. The molecule has 6 aliphatic rings. The Morgan fingerprint density at radius 2 is 0.729 bits per heavy atom. The van der Waals surface area contributed by atoms with Crippen LogP contribution in [0, 0.1) is 5.41 Å². The Labute approximate surface area is 698 Å². The molecule has 3 saturated heterocycles. The molecule has 0 aromatic heterocycles. The Kier molecular flexibility index (Phi) is 30.1. The molecular formula is C94H125N13O11. The number of carbonyl (C=O) groups excluding carboxylic acids is 3. The van der Waals surface area contributed by atoms with E-state index in [9.17, 15) is 24.0 Å². The number of nitrogen functional groups attached to an aromatic ring is 1. The van der Waals surface area contributed by atoms with Gasteiger partial charge in [0.2, 0.25) is 0 Å². The van der Waals surface area contributed by atoms with E-state index in [2.05, 4.69) is 151 Å². The molecule has 3 amide bonds. The number of nitrogens with one attached hydrogen (secondary N) is 3. The van der Waals surface area contributed by atoms with Crippen molar-refractivity contribution in [1.82, 2.24) is 40.0 Å². The lowest BCUT2D eigenvalue weighted by molar-refractivity contribution is 0.0682. The molecule has 0 unspecified atom stereocenters. The minimum absolute atomic E-state index is 0.00325. The van der Waals surface area contributed by atoms with Crippen LogP contribution in [0.15, 0.2) is 149 Å². The summed E-state index contributed by atoms with van der Waals surface area (Å²) in [4.78, 5) is 85.7. The second-order valence-electron chi connectivity index (χ2n) is 32.6. The summed E-state index contributed by atoms with van der Waals surface area (Å²) in [6, 6.07) is 46.5. The van der Waals surface area contributed by atoms with Crippen LogP contribution in [0.2, 0.25) is 0 Å². The number of benzene rings is 7. The Bertz CT molecular complexity index is 4750. The van der Waals surface area contributed by atoms with Crippen molar-refractivity contribution in [1.29, 1.82) is 0 Å². The smallest absolute Gasteiger partial charge is 0.255 e. The van der Waals surface area contributed by atoms with Crippen LogP contribution in [0.25, 0.3) is 0 Å². The van der Waals surface area contributed by atoms with Crippen molar-refractivity contribution in [3.8, 4) is 34.5 Å². The maximum absolute atomic E-state index is 13.9. The molecule has 24 nitrogen and oxygen atoms in total. The molecule has 0 bridgehead atoms. The van der Waals surface area contributed by atoms with Gasteiger partial charge in [-0.05, 0) is 178 Å². The van der Waals surface area contributed by atoms with Gasteiger partial charge in [0, 0.05) is 162 Å². The number of hydrogen-bond acceptors (Lipinski definition) is 21. The van der Waals surface area contributed by atoms with E-state index in [4.69, 9.17) is 34.2 Å². The molecule has 632 valence electrons. The van der Waals surface area contributed by atoms with Crippen molar-refractivity contribution in [3.05, 3.63) is 216 Å². The number of fused-ring (bicyclic) bond motifs is 3. The highest BCUT2D eigenvalue weighted by molar-refractivity contribution is 6.02. The van der Waals surface area contributed by atoms with Crippen LogP contribution in [0.1, 0.15) is 168 Å². The van der Waals surface area contributed by atoms with Gasteiger partial charge >= 0.3 is 0 Å². The van der Waals surface area contributed by atoms with Crippen molar-refractivity contribution in [2.75, 3.05) is 193 Å². The lowest BCUT2D eigenvalue weighted by Gasteiger charge is -2.36. The average Bonchev–Trinajstić information content (AvgIpc) is 1.62. The summed E-state index contributed by atoms with van der Waals surface area (Å²) in [5.74, 6) is 4.22. The van der Waals surface area contributed by atoms with E-state index in [-0.39, 0.29) is 52.6 Å². The molecule has 118 heavy (non-hydrogen) atoms. The summed E-state index contributed by atoms with van der Waals surface area (Å²) in [6.07, 6.45) is 4.91. The summed E-state index contributed by atoms with van der Waals surface area (Å²) in [6.45, 7) is 34.5. The molecule has 3 atom stereocenters. The fraction of sp³-hybridized carbons (Fsp3) is 0.479. The van der Waals surface area contributed by atoms with Crippen LogP contribution >= 0.6 is 0 Å². The number of nitrogens with zero attached hydrogens (tertiary/aromatic N) is 9. The van der Waals surface area contributed by atoms with E-state index < -0.39 is 10.9 Å². The molecule has 14 rings (SSSR count). The Morgan fingerprint density at radius 3 is 1.05 bits per heavy atom. The molecule has 6 heterocycles. The number of piperazine rings is 3. The van der Waals surface area contributed by atoms with Crippen molar-refractivity contribution in [2.45, 2.75) is 124 Å². The van der Waals surface area contributed by atoms with Gasteiger partial charge in [-0.25, -0.2) is 0 Å². The zero-order valence-corrected chi connectivity index (χ0v) is 71.6. The predicted molar refractivity (Wildman–Crippen MR) is 471 cm³/mol. The normalized spacial score (nSPS) is 16.5. The van der Waals surface area contributed by atoms with Crippen LogP contribution in [0.3, 0.4) is 0 Å². The maximum Gasteiger partial charge on any atom is 0.255 e. The second kappa shape index (κ2) is 40.9. The average molecular weight is 1610 g/mol. The van der Waals surface area contributed by atoms with Crippen LogP contribution in [-0.2, 0) is 26.2 Å². The Hall–Kier alpha value is -10.4. The number of amides is 3. The summed E-state index contributed by atoms with van der Waals surface area (Å²) < 4.78 is 33.2. The third kappa shape index (κ3) is 20.3. The molecule has 8 aromatic rings. The number of ether oxygens (including phenoxy) is 6. The van der Waals surface area contributed by atoms with Crippen LogP contribution in [-0.4, -0.2) is 214 Å². The number of nitrogens with two attached hydrogens (primary N) is 1. The Balaban J connectivity index is 0.000000163. The number of anilines is 5. The number of likely N-dealkylation sites (N-methyl/N-ethyl adjacent to an activating group) is 3. The number of carbonyl (C=O) groups is 3. The first kappa shape index (κ1) is 87.0. The Morgan fingerprint density at radius 1 is 0.390 bits per heavy atom. The zero-order valence-electron chi connectivity index (χ0n) is 71.6. The first-order valence-corrected chi connectivity index (χ1v) is 42.4. The van der Waals surface area contributed by atoms with E-state index in [0.717, 1.165) is 200 Å². The molecular weight excluding hydrogens is 1490 g/mol. The van der Waals surface area contributed by atoms with Gasteiger partial charge in [-0.2, -0.15) is 0 Å². The minimum atomic E-state index is -0.641. The first-order valence-electron chi connectivity index (χ1n) is 42.4. The van der Waals surface area contributed by atoms with Gasteiger partial charge in [-0.15, -0.1) is 0 Å². The number of rotatable bonds is 34. The van der Waals surface area contributed by atoms with Gasteiger partial charge in [-0.1, -0.05) is 108 Å². The van der Waals surface area contributed by atoms with Crippen molar-refractivity contribution in [3.63, 3.8) is 0 Å². The second-order valence-corrected chi connectivity index (χ2v) is 32.6. The standard InChI is InChI=1S/C33H42N4O3.C31H46N4O3.C30H37N5O5/c1-4-35-18-20-36(21-19-35)30-13-8-12-27-28(30)24-37(33(27)38)29(26-15-16-31(39-2)32(22-26)40-3)14-9-17-34-23-25-10-6-5-7-11-25;1-7-33-16-18-34(19-17-33)27-11-8-10-24-25(27)21-35(30(24)36)26(12-9-15-32-22-31(2,3)4)23-13-14-28(37-5)29(20-23)38-6;1-4-33-13-15-34(16-14-33)23-8-5-7-20-21(23)18-35(30(20)38)22(19-10-11-24(39-2)25(17-19)40-3)9-6-12-32-27-26(31)28(36)29(27)37/h5-8,10-13,15-16,22,29,34H,4,9,14,17-21,23-24H2,1-3H3;8,10-11,13-14,20,26,32H,7,9,12,15-19,21-22H2,1-6H3;5,7-8,10-11,17,22,32H,4,6,9,12-16,18,31H2,1-3H3/t29-;26-;22-/m111/s1. The molecule has 8 aromatic carbocycles. The summed E-state index contributed by atoms with van der Waals surface area (Å²) >= 11 is 0. The van der Waals surface area contributed by atoms with Gasteiger partial charge in [0.1, 0.15) is 11.4 Å². The molecule has 0 saturated carbocycles. The van der Waals surface area contributed by atoms with Crippen molar-refractivity contribution >= 4 is 46.2 Å². The van der Waals surface area contributed by atoms with Gasteiger partial charge < -0.3 is 94.2 Å². The van der Waals surface area contributed by atoms with E-state index in [1.165, 1.54) is 22.5 Å². The van der Waals surface area contributed by atoms with Gasteiger partial charge in [0.25, 0.3) is 28.6 Å². The first-order chi connectivity index (χ1) is 57.2. The minimum Gasteiger partial charge on any atom is -0.493 e. The highest BCUT2D eigenvalue weighted by Crippen LogP contribution is 2.45. The number of hydrogen-bond donors (Lipinski definition) is 4. The topological polar surface area (TPSA) is 232 Å². The third-order valence-corrected chi connectivity index (χ3v) is 24.3. The lowest BCUT2D eigenvalue weighted by atomic mass is 9.96. The van der Waals surface area contributed by atoms with Gasteiger partial charge in [0.05, 0.1) is 60.8 Å². The maximum atomic E-state index is 13.9. The van der Waals surface area contributed by atoms with Crippen LogP contribution in [0.5, 0.6) is 34.5 Å². The highest BCUT2D eigenvalue weighted by Gasteiger charge is 2.40. The van der Waals surface area contributed by atoms with Crippen LogP contribution < -0.4 is 75.7 Å². The third-order valence-electron chi connectivity index (χ3n) is 24.3. The fourth-order valence-corrected chi connectivity index (χ4v) is 17.5. The SMILES string of the molecule is CCN1CCN(c2cccc3c2CN([C@H](CCCNCC(C)(C)C)c2ccc(OC)c(OC)c2)C3=O)CC1.CCN1CCN(c2cccc3c2CN([C@H](CCCNCc2ccccc2)c2ccc(OC)c(OC)c2)C3=O)CC1.CCN1CCN(c2cccc3c2CN([C@H](CCCNc2c(N)c(=O)c2=O)c2ccc(OC)c(OC)c2)C3=O)CC1. The quantitative estimate of drug-likeness (QED) is 0.0217. The van der Waals surface area contributed by atoms with E-state index in [1.54, 1.807) is 42.7 Å². The number of methoxy groups -OCH3 is 6. The molecule has 0 aliphatic carbocycles. The monoisotopic (exact) mass is 1610 g/mol. The van der Waals surface area contributed by atoms with E-state index in [0.29, 0.717) is 73.5 Å². The summed E-state index contributed by atoms with van der Waals surface area (Å²) in [5, 5.41) is 10.2. The fourth-order valence-electron chi connectivity index (χ4n) is 17.5.